The van der Waals surface area contributed by atoms with Crippen LogP contribution in [0.3, 0.4) is 0 Å². The van der Waals surface area contributed by atoms with Crippen molar-refractivity contribution in [1.29, 1.82) is 0 Å². The Labute approximate surface area is 107 Å². The summed E-state index contributed by atoms with van der Waals surface area (Å²) in [7, 11) is 1.60. The van der Waals surface area contributed by atoms with Gasteiger partial charge < -0.3 is 10.6 Å². The van der Waals surface area contributed by atoms with E-state index in [1.807, 2.05) is 17.8 Å². The summed E-state index contributed by atoms with van der Waals surface area (Å²) in [6, 6.07) is 4.09. The lowest BCUT2D eigenvalue weighted by atomic mass is 10.2. The van der Waals surface area contributed by atoms with Crippen molar-refractivity contribution < 1.29 is 4.79 Å². The van der Waals surface area contributed by atoms with E-state index in [2.05, 4.69) is 28.8 Å². The average molecular weight is 253 g/mol. The molecule has 94 valence electrons. The van der Waals surface area contributed by atoms with Crippen LogP contribution in [0.15, 0.2) is 18.3 Å². The van der Waals surface area contributed by atoms with Gasteiger partial charge in [-0.05, 0) is 24.8 Å². The lowest BCUT2D eigenvalue weighted by molar-refractivity contribution is 0.0958. The molecule has 17 heavy (non-hydrogen) atoms. The molecular formula is C12H19N3OS. The van der Waals surface area contributed by atoms with Gasteiger partial charge in [0.2, 0.25) is 0 Å². The van der Waals surface area contributed by atoms with Gasteiger partial charge in [0, 0.05) is 30.7 Å². The molecule has 0 aliphatic heterocycles. The molecule has 1 aromatic rings. The molecule has 0 aliphatic carbocycles. The monoisotopic (exact) mass is 253 g/mol. The molecule has 1 atom stereocenters. The third kappa shape index (κ3) is 4.26. The van der Waals surface area contributed by atoms with Crippen LogP contribution in [0.1, 0.15) is 23.8 Å². The van der Waals surface area contributed by atoms with Crippen LogP contribution in [0.25, 0.3) is 0 Å². The summed E-state index contributed by atoms with van der Waals surface area (Å²) in [6.07, 6.45) is 4.80. The quantitative estimate of drug-likeness (QED) is 0.814. The van der Waals surface area contributed by atoms with Crippen molar-refractivity contribution in [3.63, 3.8) is 0 Å². The van der Waals surface area contributed by atoms with Gasteiger partial charge in [-0.2, -0.15) is 11.8 Å². The standard InChI is InChI=1S/C12H19N3OS/c1-4-9(8-17-3)15-10-5-6-14-11(7-10)12(16)13-2/h5-7,9H,4,8H2,1-3H3,(H,13,16)(H,14,15). The van der Waals surface area contributed by atoms with E-state index < -0.39 is 0 Å². The zero-order chi connectivity index (χ0) is 12.7. The average Bonchev–Trinajstić information content (AvgIpc) is 2.37. The Morgan fingerprint density at radius 3 is 2.94 bits per heavy atom. The number of carbonyl (C=O) groups is 1. The predicted octanol–water partition coefficient (Wildman–Crippen LogP) is 1.99. The largest absolute Gasteiger partial charge is 0.381 e. The normalized spacial score (nSPS) is 11.9. The maximum Gasteiger partial charge on any atom is 0.269 e. The predicted molar refractivity (Wildman–Crippen MR) is 73.7 cm³/mol. The van der Waals surface area contributed by atoms with Crippen LogP contribution in [0.5, 0.6) is 0 Å². The molecule has 1 rings (SSSR count). The van der Waals surface area contributed by atoms with Crippen molar-refractivity contribution in [1.82, 2.24) is 10.3 Å². The molecule has 0 saturated heterocycles. The van der Waals surface area contributed by atoms with Crippen LogP contribution in [0, 0.1) is 0 Å². The number of hydrogen-bond donors (Lipinski definition) is 2. The first-order chi connectivity index (χ1) is 8.21. The maximum absolute atomic E-state index is 11.4. The number of thioether (sulfide) groups is 1. The van der Waals surface area contributed by atoms with E-state index in [1.54, 1.807) is 19.3 Å². The topological polar surface area (TPSA) is 54.0 Å². The molecule has 0 radical (unpaired) electrons. The van der Waals surface area contributed by atoms with Crippen molar-refractivity contribution in [3.05, 3.63) is 24.0 Å². The van der Waals surface area contributed by atoms with E-state index >= 15 is 0 Å². The number of nitrogens with one attached hydrogen (secondary N) is 2. The molecule has 0 fully saturated rings. The highest BCUT2D eigenvalue weighted by Gasteiger charge is 2.08. The molecular weight excluding hydrogens is 234 g/mol. The van der Waals surface area contributed by atoms with Gasteiger partial charge in [-0.15, -0.1) is 0 Å². The Balaban J connectivity index is 2.74. The molecule has 1 aromatic heterocycles. The van der Waals surface area contributed by atoms with Gasteiger partial charge in [-0.3, -0.25) is 9.78 Å². The zero-order valence-corrected chi connectivity index (χ0v) is 11.3. The van der Waals surface area contributed by atoms with Gasteiger partial charge in [0.15, 0.2) is 0 Å². The summed E-state index contributed by atoms with van der Waals surface area (Å²) in [5.74, 6) is 0.889. The number of aromatic nitrogens is 1. The number of hydrogen-bond acceptors (Lipinski definition) is 4. The van der Waals surface area contributed by atoms with Crippen LogP contribution < -0.4 is 10.6 Å². The Bertz CT molecular complexity index is 371. The molecule has 4 nitrogen and oxygen atoms in total. The van der Waals surface area contributed by atoms with Gasteiger partial charge in [0.25, 0.3) is 5.91 Å². The molecule has 0 spiro atoms. The van der Waals surface area contributed by atoms with Crippen molar-refractivity contribution in [2.45, 2.75) is 19.4 Å². The minimum atomic E-state index is -0.161. The van der Waals surface area contributed by atoms with E-state index in [4.69, 9.17) is 0 Å². The highest BCUT2D eigenvalue weighted by molar-refractivity contribution is 7.98. The molecule has 0 aliphatic rings. The van der Waals surface area contributed by atoms with Crippen LogP contribution >= 0.6 is 11.8 Å². The van der Waals surface area contributed by atoms with Gasteiger partial charge in [0.05, 0.1) is 0 Å². The number of carbonyl (C=O) groups excluding carboxylic acids is 1. The molecule has 2 N–H and O–H groups in total. The third-order valence-corrected chi connectivity index (χ3v) is 3.19. The fourth-order valence-corrected chi connectivity index (χ4v) is 2.19. The van der Waals surface area contributed by atoms with E-state index in [0.29, 0.717) is 11.7 Å². The second-order valence-electron chi connectivity index (χ2n) is 3.71. The summed E-state index contributed by atoms with van der Waals surface area (Å²) in [4.78, 5) is 15.5. The molecule has 0 saturated carbocycles. The first-order valence-corrected chi connectivity index (χ1v) is 7.04. The maximum atomic E-state index is 11.4. The van der Waals surface area contributed by atoms with Crippen molar-refractivity contribution in [2.75, 3.05) is 24.4 Å². The second kappa shape index (κ2) is 7.17. The van der Waals surface area contributed by atoms with Gasteiger partial charge in [-0.1, -0.05) is 6.92 Å². The summed E-state index contributed by atoms with van der Waals surface area (Å²) in [5, 5.41) is 5.98. The van der Waals surface area contributed by atoms with Crippen LogP contribution in [-0.4, -0.2) is 36.0 Å². The smallest absolute Gasteiger partial charge is 0.269 e. The molecule has 0 aromatic carbocycles. The number of amides is 1. The minimum Gasteiger partial charge on any atom is -0.381 e. The molecule has 1 heterocycles. The van der Waals surface area contributed by atoms with E-state index in [0.717, 1.165) is 17.9 Å². The highest BCUT2D eigenvalue weighted by Crippen LogP contribution is 2.13. The first-order valence-electron chi connectivity index (χ1n) is 5.64. The van der Waals surface area contributed by atoms with Gasteiger partial charge in [-0.25, -0.2) is 0 Å². The molecule has 1 unspecified atom stereocenters. The lowest BCUT2D eigenvalue weighted by Crippen LogP contribution is -2.22. The Morgan fingerprint density at radius 1 is 1.59 bits per heavy atom. The van der Waals surface area contributed by atoms with Crippen molar-refractivity contribution in [2.24, 2.45) is 0 Å². The highest BCUT2D eigenvalue weighted by atomic mass is 32.2. The number of nitrogens with zero attached hydrogens (tertiary/aromatic N) is 1. The molecule has 1 amide bonds. The fourth-order valence-electron chi connectivity index (χ4n) is 1.47. The van der Waals surface area contributed by atoms with Crippen LogP contribution in [-0.2, 0) is 0 Å². The first kappa shape index (κ1) is 13.8. The molecule has 0 bridgehead atoms. The van der Waals surface area contributed by atoms with E-state index in [1.165, 1.54) is 0 Å². The van der Waals surface area contributed by atoms with Crippen molar-refractivity contribution >= 4 is 23.4 Å². The van der Waals surface area contributed by atoms with E-state index in [9.17, 15) is 4.79 Å². The zero-order valence-electron chi connectivity index (χ0n) is 10.5. The summed E-state index contributed by atoms with van der Waals surface area (Å²) >= 11 is 1.81. The van der Waals surface area contributed by atoms with E-state index in [-0.39, 0.29) is 5.91 Å². The summed E-state index contributed by atoms with van der Waals surface area (Å²) in [5.41, 5.74) is 1.39. The minimum absolute atomic E-state index is 0.161. The van der Waals surface area contributed by atoms with Crippen molar-refractivity contribution in [3.8, 4) is 0 Å². The Morgan fingerprint density at radius 2 is 2.35 bits per heavy atom. The third-order valence-electron chi connectivity index (χ3n) is 2.45. The van der Waals surface area contributed by atoms with Crippen LogP contribution in [0.2, 0.25) is 0 Å². The second-order valence-corrected chi connectivity index (χ2v) is 4.62. The molecule has 5 heteroatoms. The van der Waals surface area contributed by atoms with Gasteiger partial charge in [0.1, 0.15) is 5.69 Å². The fraction of sp³-hybridized carbons (Fsp3) is 0.500. The number of pyridine rings is 1. The summed E-state index contributed by atoms with van der Waals surface area (Å²) in [6.45, 7) is 2.15. The SMILES string of the molecule is CCC(CSC)Nc1ccnc(C(=O)NC)c1. The Kier molecular flexibility index (Phi) is 5.83. The summed E-state index contributed by atoms with van der Waals surface area (Å²) < 4.78 is 0. The number of rotatable bonds is 6. The van der Waals surface area contributed by atoms with Gasteiger partial charge >= 0.3 is 0 Å². The number of anilines is 1. The lowest BCUT2D eigenvalue weighted by Gasteiger charge is -2.17. The Hall–Kier alpha value is -1.23. The van der Waals surface area contributed by atoms with Crippen LogP contribution in [0.4, 0.5) is 5.69 Å².